The Bertz CT molecular complexity index is 452. The van der Waals surface area contributed by atoms with Crippen molar-refractivity contribution in [3.8, 4) is 0 Å². The van der Waals surface area contributed by atoms with E-state index in [1.807, 2.05) is 20.8 Å². The Hall–Kier alpha value is -0.460. The lowest BCUT2D eigenvalue weighted by atomic mass is 10.3. The molecule has 0 saturated carbocycles. The van der Waals surface area contributed by atoms with Crippen LogP contribution in [0.4, 0.5) is 0 Å². The molecule has 0 aliphatic heterocycles. The summed E-state index contributed by atoms with van der Waals surface area (Å²) in [4.78, 5) is 5.48. The van der Waals surface area contributed by atoms with Gasteiger partial charge >= 0.3 is 0 Å². The van der Waals surface area contributed by atoms with Gasteiger partial charge in [-0.2, -0.15) is 0 Å². The van der Waals surface area contributed by atoms with E-state index in [9.17, 15) is 8.42 Å². The molecule has 0 aliphatic rings. The maximum atomic E-state index is 11.5. The number of aryl methyl sites for hydroxylation is 2. The molecule has 0 unspecified atom stereocenters. The van der Waals surface area contributed by atoms with E-state index in [2.05, 4.69) is 9.71 Å². The monoisotopic (exact) mass is 276 g/mol. The van der Waals surface area contributed by atoms with E-state index in [0.29, 0.717) is 13.0 Å². The Morgan fingerprint density at radius 2 is 2.06 bits per heavy atom. The summed E-state index contributed by atoms with van der Waals surface area (Å²) in [6.07, 6.45) is 2.34. The van der Waals surface area contributed by atoms with Gasteiger partial charge in [-0.1, -0.05) is 13.3 Å². The number of unbranched alkanes of at least 4 members (excludes halogenated alkanes) is 1. The van der Waals surface area contributed by atoms with E-state index < -0.39 is 10.0 Å². The maximum absolute atomic E-state index is 11.5. The highest BCUT2D eigenvalue weighted by molar-refractivity contribution is 7.89. The van der Waals surface area contributed by atoms with Gasteiger partial charge in [0.1, 0.15) is 0 Å². The number of aromatic nitrogens is 1. The normalized spacial score (nSPS) is 11.9. The summed E-state index contributed by atoms with van der Waals surface area (Å²) in [5, 5.41) is 1.03. The zero-order chi connectivity index (χ0) is 12.9. The lowest BCUT2D eigenvalue weighted by Gasteiger charge is -2.05. The van der Waals surface area contributed by atoms with Crippen molar-refractivity contribution in [3.05, 3.63) is 15.6 Å². The predicted octanol–water partition coefficient (Wildman–Crippen LogP) is 2.02. The van der Waals surface area contributed by atoms with Gasteiger partial charge in [-0.15, -0.1) is 11.3 Å². The van der Waals surface area contributed by atoms with E-state index in [1.165, 1.54) is 4.88 Å². The van der Waals surface area contributed by atoms with Crippen molar-refractivity contribution in [1.82, 2.24) is 9.71 Å². The largest absolute Gasteiger partial charge is 0.247 e. The van der Waals surface area contributed by atoms with Gasteiger partial charge in [-0.3, -0.25) is 0 Å². The number of rotatable bonds is 7. The Kier molecular flexibility index (Phi) is 5.55. The summed E-state index contributed by atoms with van der Waals surface area (Å²) in [6, 6.07) is 0. The molecule has 1 heterocycles. The molecule has 0 amide bonds. The van der Waals surface area contributed by atoms with Crippen molar-refractivity contribution in [3.63, 3.8) is 0 Å². The second-order valence-corrected chi connectivity index (χ2v) is 7.27. The van der Waals surface area contributed by atoms with Crippen LogP contribution in [0.2, 0.25) is 0 Å². The second kappa shape index (κ2) is 6.47. The van der Waals surface area contributed by atoms with E-state index in [0.717, 1.165) is 23.5 Å². The first kappa shape index (κ1) is 14.6. The van der Waals surface area contributed by atoms with E-state index >= 15 is 0 Å². The van der Waals surface area contributed by atoms with Crippen LogP contribution in [-0.4, -0.2) is 25.7 Å². The van der Waals surface area contributed by atoms with Crippen LogP contribution in [0, 0.1) is 13.8 Å². The van der Waals surface area contributed by atoms with Crippen LogP contribution < -0.4 is 4.72 Å². The molecule has 1 aromatic heterocycles. The number of thiazole rings is 1. The van der Waals surface area contributed by atoms with Gasteiger partial charge < -0.3 is 0 Å². The van der Waals surface area contributed by atoms with Crippen LogP contribution in [0.15, 0.2) is 0 Å². The van der Waals surface area contributed by atoms with Crippen LogP contribution in [-0.2, 0) is 16.4 Å². The predicted molar refractivity (Wildman–Crippen MR) is 72.0 cm³/mol. The van der Waals surface area contributed by atoms with Crippen molar-refractivity contribution in [2.75, 3.05) is 12.3 Å². The Morgan fingerprint density at radius 3 is 2.59 bits per heavy atom. The Labute approximate surface area is 108 Å². The van der Waals surface area contributed by atoms with Crippen molar-refractivity contribution < 1.29 is 8.42 Å². The fourth-order valence-corrected chi connectivity index (χ4v) is 3.69. The van der Waals surface area contributed by atoms with Crippen LogP contribution in [0.5, 0.6) is 0 Å². The first-order valence-electron chi connectivity index (χ1n) is 5.85. The molecule has 1 rings (SSSR count). The molecule has 4 nitrogen and oxygen atoms in total. The topological polar surface area (TPSA) is 59.1 Å². The van der Waals surface area contributed by atoms with Gasteiger partial charge in [0.15, 0.2) is 0 Å². The Morgan fingerprint density at radius 1 is 1.35 bits per heavy atom. The summed E-state index contributed by atoms with van der Waals surface area (Å²) in [5.41, 5.74) is 1.01. The average molecular weight is 276 g/mol. The van der Waals surface area contributed by atoms with Gasteiger partial charge in [0.05, 0.1) is 16.5 Å². The summed E-state index contributed by atoms with van der Waals surface area (Å²) in [5.74, 6) is 0.226. The third-order valence-corrected chi connectivity index (χ3v) is 5.04. The highest BCUT2D eigenvalue weighted by Crippen LogP contribution is 2.17. The van der Waals surface area contributed by atoms with Crippen molar-refractivity contribution in [1.29, 1.82) is 0 Å². The Balaban J connectivity index is 2.40. The fourth-order valence-electron chi connectivity index (χ4n) is 1.53. The highest BCUT2D eigenvalue weighted by Gasteiger charge is 2.10. The first-order chi connectivity index (χ1) is 7.94. The van der Waals surface area contributed by atoms with Gasteiger partial charge in [-0.25, -0.2) is 18.1 Å². The molecule has 0 saturated heterocycles. The van der Waals surface area contributed by atoms with Gasteiger partial charge in [-0.05, 0) is 26.7 Å². The molecular formula is C11H20N2O2S2. The van der Waals surface area contributed by atoms with E-state index in [1.54, 1.807) is 11.3 Å². The highest BCUT2D eigenvalue weighted by atomic mass is 32.2. The molecule has 0 radical (unpaired) electrons. The minimum atomic E-state index is -3.09. The van der Waals surface area contributed by atoms with Crippen molar-refractivity contribution in [2.24, 2.45) is 0 Å². The molecule has 0 aromatic carbocycles. The lowest BCUT2D eigenvalue weighted by Crippen LogP contribution is -2.28. The molecule has 0 aliphatic carbocycles. The minimum absolute atomic E-state index is 0.226. The van der Waals surface area contributed by atoms with Crippen molar-refractivity contribution >= 4 is 21.4 Å². The van der Waals surface area contributed by atoms with Crippen LogP contribution in [0.1, 0.15) is 35.3 Å². The molecule has 0 atom stereocenters. The number of nitrogens with zero attached hydrogens (tertiary/aromatic N) is 1. The third-order valence-electron chi connectivity index (χ3n) is 2.44. The zero-order valence-electron chi connectivity index (χ0n) is 10.6. The first-order valence-corrected chi connectivity index (χ1v) is 8.31. The molecular weight excluding hydrogens is 256 g/mol. The minimum Gasteiger partial charge on any atom is -0.247 e. The molecule has 17 heavy (non-hydrogen) atoms. The van der Waals surface area contributed by atoms with Gasteiger partial charge in [0, 0.05) is 11.4 Å². The fraction of sp³-hybridized carbons (Fsp3) is 0.727. The summed E-state index contributed by atoms with van der Waals surface area (Å²) in [6.45, 7) is 6.38. The lowest BCUT2D eigenvalue weighted by molar-refractivity contribution is 0.578. The molecule has 0 fully saturated rings. The molecule has 1 N–H and O–H groups in total. The second-order valence-electron chi connectivity index (χ2n) is 4.06. The van der Waals surface area contributed by atoms with Gasteiger partial charge in [0.25, 0.3) is 0 Å². The van der Waals surface area contributed by atoms with E-state index in [4.69, 9.17) is 0 Å². The quantitative estimate of drug-likeness (QED) is 0.829. The number of hydrogen-bond donors (Lipinski definition) is 1. The van der Waals surface area contributed by atoms with Crippen LogP contribution >= 0.6 is 11.3 Å². The standard InChI is InChI=1S/C11H20N2O2S2/c1-4-5-8-17(14,15)12-7-6-11-9(2)13-10(3)16-11/h12H,4-8H2,1-3H3. The molecule has 0 spiro atoms. The smallest absolute Gasteiger partial charge is 0.211 e. The summed E-state index contributed by atoms with van der Waals surface area (Å²) >= 11 is 1.64. The van der Waals surface area contributed by atoms with Crippen molar-refractivity contribution in [2.45, 2.75) is 40.0 Å². The summed E-state index contributed by atoms with van der Waals surface area (Å²) in [7, 11) is -3.09. The molecule has 6 heteroatoms. The number of sulfonamides is 1. The zero-order valence-corrected chi connectivity index (χ0v) is 12.2. The van der Waals surface area contributed by atoms with Gasteiger partial charge in [0.2, 0.25) is 10.0 Å². The maximum Gasteiger partial charge on any atom is 0.211 e. The summed E-state index contributed by atoms with van der Waals surface area (Å²) < 4.78 is 25.7. The average Bonchev–Trinajstić information content (AvgIpc) is 2.55. The SMILES string of the molecule is CCCCS(=O)(=O)NCCc1sc(C)nc1C. The number of hydrogen-bond acceptors (Lipinski definition) is 4. The van der Waals surface area contributed by atoms with E-state index in [-0.39, 0.29) is 5.75 Å². The third kappa shape index (κ3) is 5.14. The number of nitrogens with one attached hydrogen (secondary N) is 1. The molecule has 0 bridgehead atoms. The van der Waals surface area contributed by atoms with Crippen LogP contribution in [0.3, 0.4) is 0 Å². The molecule has 98 valence electrons. The molecule has 1 aromatic rings. The van der Waals surface area contributed by atoms with Crippen LogP contribution in [0.25, 0.3) is 0 Å².